The number of ether oxygens (including phenoxy) is 2. The maximum absolute atomic E-state index is 13.3. The smallest absolute Gasteiger partial charge is 0.341 e. The summed E-state index contributed by atoms with van der Waals surface area (Å²) in [5.41, 5.74) is 1.81. The molecule has 13 heteroatoms. The maximum Gasteiger partial charge on any atom is 0.341 e. The predicted molar refractivity (Wildman–Crippen MR) is 152 cm³/mol. The SMILES string of the molecule is COc1ccc2[nH]cc(CCNC(=O)[C@H](Cc3ccc(OCC(=O)O)c(C(=O)O)c3)NS(=O)(=O)c3ccccc3)c2c1. The van der Waals surface area contributed by atoms with Crippen LogP contribution >= 0.6 is 0 Å². The van der Waals surface area contributed by atoms with Crippen molar-refractivity contribution in [2.24, 2.45) is 0 Å². The Balaban J connectivity index is 1.55. The number of nitrogens with one attached hydrogen (secondary N) is 3. The van der Waals surface area contributed by atoms with Gasteiger partial charge in [-0.2, -0.15) is 4.72 Å². The Morgan fingerprint density at radius 3 is 2.45 bits per heavy atom. The molecule has 3 aromatic carbocycles. The molecule has 12 nitrogen and oxygen atoms in total. The van der Waals surface area contributed by atoms with Crippen molar-refractivity contribution < 1.29 is 42.5 Å². The monoisotopic (exact) mass is 595 g/mol. The van der Waals surface area contributed by atoms with Crippen molar-refractivity contribution in [3.8, 4) is 11.5 Å². The molecule has 0 unspecified atom stereocenters. The molecule has 0 saturated heterocycles. The second-order valence-electron chi connectivity index (χ2n) is 9.28. The number of aromatic carboxylic acids is 1. The van der Waals surface area contributed by atoms with Gasteiger partial charge in [-0.1, -0.05) is 24.3 Å². The lowest BCUT2D eigenvalue weighted by molar-refractivity contribution is -0.139. The Hall–Kier alpha value is -4.88. The predicted octanol–water partition coefficient (Wildman–Crippen LogP) is 2.59. The molecule has 4 aromatic rings. The van der Waals surface area contributed by atoms with Crippen molar-refractivity contribution in [1.29, 1.82) is 0 Å². The normalized spacial score (nSPS) is 12.0. The van der Waals surface area contributed by atoms with E-state index in [2.05, 4.69) is 15.0 Å². The van der Waals surface area contributed by atoms with Gasteiger partial charge in [0.15, 0.2) is 6.61 Å². The van der Waals surface area contributed by atoms with E-state index in [1.807, 2.05) is 24.4 Å². The summed E-state index contributed by atoms with van der Waals surface area (Å²) in [7, 11) is -2.55. The first-order chi connectivity index (χ1) is 20.1. The molecular weight excluding hydrogens is 566 g/mol. The van der Waals surface area contributed by atoms with E-state index in [0.29, 0.717) is 17.7 Å². The van der Waals surface area contributed by atoms with Gasteiger partial charge in [0.05, 0.1) is 12.0 Å². The van der Waals surface area contributed by atoms with Crippen LogP contribution < -0.4 is 19.5 Å². The summed E-state index contributed by atoms with van der Waals surface area (Å²) in [4.78, 5) is 39.1. The Morgan fingerprint density at radius 2 is 1.76 bits per heavy atom. The number of fused-ring (bicyclic) bond motifs is 1. The van der Waals surface area contributed by atoms with Gasteiger partial charge in [0.2, 0.25) is 15.9 Å². The molecular formula is C29H29N3O9S. The number of aromatic nitrogens is 1. The van der Waals surface area contributed by atoms with Crippen molar-refractivity contribution in [2.45, 2.75) is 23.8 Å². The summed E-state index contributed by atoms with van der Waals surface area (Å²) in [6.45, 7) is -0.556. The van der Waals surface area contributed by atoms with Crippen LogP contribution in [0, 0.1) is 0 Å². The van der Waals surface area contributed by atoms with Gasteiger partial charge in [-0.15, -0.1) is 0 Å². The number of hydrogen-bond donors (Lipinski definition) is 5. The summed E-state index contributed by atoms with van der Waals surface area (Å²) in [6.07, 6.45) is 2.07. The zero-order valence-corrected chi connectivity index (χ0v) is 23.3. The average molecular weight is 596 g/mol. The van der Waals surface area contributed by atoms with Crippen molar-refractivity contribution in [3.05, 3.63) is 89.6 Å². The number of amides is 1. The Bertz CT molecular complexity index is 1700. The van der Waals surface area contributed by atoms with Crippen LogP contribution in [0.1, 0.15) is 21.5 Å². The standard InChI is InChI=1S/C29H29N3O9S/c1-40-20-8-9-24-22(15-20)19(16-31-24)11-12-30-28(35)25(32-42(38,39)21-5-3-2-4-6-21)14-18-7-10-26(41-17-27(33)34)23(13-18)29(36)37/h2-10,13,15-16,25,31-32H,11-12,14,17H2,1H3,(H,30,35)(H,33,34)(H,36,37)/t25-/m0/s1. The highest BCUT2D eigenvalue weighted by atomic mass is 32.2. The minimum absolute atomic E-state index is 0.0424. The van der Waals surface area contributed by atoms with Crippen molar-refractivity contribution in [3.63, 3.8) is 0 Å². The number of aliphatic carboxylic acids is 1. The highest BCUT2D eigenvalue weighted by Crippen LogP contribution is 2.24. The minimum Gasteiger partial charge on any atom is -0.497 e. The zero-order chi connectivity index (χ0) is 30.3. The molecule has 0 spiro atoms. The molecule has 220 valence electrons. The van der Waals surface area contributed by atoms with Gasteiger partial charge >= 0.3 is 11.9 Å². The molecule has 42 heavy (non-hydrogen) atoms. The number of carbonyl (C=O) groups excluding carboxylic acids is 1. The van der Waals surface area contributed by atoms with E-state index < -0.39 is 40.5 Å². The summed E-state index contributed by atoms with van der Waals surface area (Å²) in [6, 6.07) is 15.8. The van der Waals surface area contributed by atoms with Gasteiger partial charge in [-0.3, -0.25) is 4.79 Å². The number of hydrogen-bond acceptors (Lipinski definition) is 7. The molecule has 0 aliphatic carbocycles. The molecule has 0 fully saturated rings. The Labute approximate surface area is 241 Å². The third-order valence-corrected chi connectivity index (χ3v) is 7.89. The number of H-pyrrole nitrogens is 1. The topological polar surface area (TPSA) is 184 Å². The number of carbonyl (C=O) groups is 3. The van der Waals surface area contributed by atoms with Crippen LogP contribution in [-0.4, -0.2) is 67.8 Å². The number of benzene rings is 3. The van der Waals surface area contributed by atoms with Crippen molar-refractivity contribution in [1.82, 2.24) is 15.0 Å². The zero-order valence-electron chi connectivity index (χ0n) is 22.5. The quantitative estimate of drug-likeness (QED) is 0.146. The average Bonchev–Trinajstić information content (AvgIpc) is 3.38. The molecule has 1 atom stereocenters. The molecule has 1 aromatic heterocycles. The van der Waals surface area contributed by atoms with Gasteiger partial charge in [0, 0.05) is 23.6 Å². The minimum atomic E-state index is -4.12. The first kappa shape index (κ1) is 30.1. The number of sulfonamides is 1. The molecule has 0 bridgehead atoms. The molecule has 5 N–H and O–H groups in total. The Kier molecular flexibility index (Phi) is 9.45. The van der Waals surface area contributed by atoms with E-state index in [1.165, 1.54) is 30.3 Å². The fraction of sp³-hybridized carbons (Fsp3) is 0.207. The first-order valence-electron chi connectivity index (χ1n) is 12.8. The van der Waals surface area contributed by atoms with E-state index in [-0.39, 0.29) is 29.2 Å². The molecule has 1 heterocycles. The number of methoxy groups -OCH3 is 1. The second-order valence-corrected chi connectivity index (χ2v) is 11.0. The fourth-order valence-corrected chi connectivity index (χ4v) is 5.57. The number of rotatable bonds is 14. The van der Waals surface area contributed by atoms with Crippen LogP contribution in [0.25, 0.3) is 10.9 Å². The van der Waals surface area contributed by atoms with Crippen molar-refractivity contribution in [2.75, 3.05) is 20.3 Å². The Morgan fingerprint density at radius 1 is 1.00 bits per heavy atom. The summed E-state index contributed by atoms with van der Waals surface area (Å²) in [5.74, 6) is -2.76. The number of aromatic amines is 1. The molecule has 0 radical (unpaired) electrons. The summed E-state index contributed by atoms with van der Waals surface area (Å²) in [5, 5.41) is 22.2. The molecule has 4 rings (SSSR count). The van der Waals surface area contributed by atoms with Gasteiger partial charge < -0.3 is 30.0 Å². The largest absolute Gasteiger partial charge is 0.497 e. The number of carboxylic acids is 2. The molecule has 0 saturated carbocycles. The first-order valence-corrected chi connectivity index (χ1v) is 14.3. The van der Waals surface area contributed by atoms with Gasteiger partial charge in [-0.05, 0) is 66.4 Å². The van der Waals surface area contributed by atoms with Crippen LogP contribution in [0.4, 0.5) is 0 Å². The van der Waals surface area contributed by atoms with E-state index in [1.54, 1.807) is 25.3 Å². The second kappa shape index (κ2) is 13.2. The van der Waals surface area contributed by atoms with Gasteiger partial charge in [0.25, 0.3) is 0 Å². The van der Waals surface area contributed by atoms with E-state index in [4.69, 9.17) is 14.6 Å². The number of carboxylic acid groups (broad SMARTS) is 2. The van der Waals surface area contributed by atoms with Gasteiger partial charge in [0.1, 0.15) is 23.1 Å². The van der Waals surface area contributed by atoms with Crippen molar-refractivity contribution >= 4 is 38.8 Å². The summed E-state index contributed by atoms with van der Waals surface area (Å²) >= 11 is 0. The third-order valence-electron chi connectivity index (χ3n) is 6.40. The fourth-order valence-electron chi connectivity index (χ4n) is 4.35. The summed E-state index contributed by atoms with van der Waals surface area (Å²) < 4.78 is 39.0. The van der Waals surface area contributed by atoms with Crippen LogP contribution in [0.5, 0.6) is 11.5 Å². The van der Waals surface area contributed by atoms with Crippen LogP contribution in [0.3, 0.4) is 0 Å². The third kappa shape index (κ3) is 7.44. The van der Waals surface area contributed by atoms with Crippen LogP contribution in [-0.2, 0) is 32.5 Å². The highest BCUT2D eigenvalue weighted by Gasteiger charge is 2.27. The molecule has 0 aliphatic rings. The van der Waals surface area contributed by atoms with E-state index >= 15 is 0 Å². The van der Waals surface area contributed by atoms with Crippen LogP contribution in [0.2, 0.25) is 0 Å². The molecule has 0 aliphatic heterocycles. The highest BCUT2D eigenvalue weighted by molar-refractivity contribution is 7.89. The van der Waals surface area contributed by atoms with E-state index in [0.717, 1.165) is 16.5 Å². The van der Waals surface area contributed by atoms with Gasteiger partial charge in [-0.25, -0.2) is 18.0 Å². The lowest BCUT2D eigenvalue weighted by Crippen LogP contribution is -2.48. The molecule has 1 amide bonds. The van der Waals surface area contributed by atoms with E-state index in [9.17, 15) is 27.9 Å². The van der Waals surface area contributed by atoms with Crippen LogP contribution in [0.15, 0.2) is 77.8 Å². The maximum atomic E-state index is 13.3. The lowest BCUT2D eigenvalue weighted by Gasteiger charge is -2.19. The lowest BCUT2D eigenvalue weighted by atomic mass is 10.0.